The molecule has 1 fully saturated rings. The summed E-state index contributed by atoms with van der Waals surface area (Å²) in [6.45, 7) is 6.37. The molecule has 1 aromatic heterocycles. The van der Waals surface area contributed by atoms with Crippen LogP contribution >= 0.6 is 0 Å². The van der Waals surface area contributed by atoms with E-state index in [1.54, 1.807) is 6.20 Å². The Morgan fingerprint density at radius 3 is 2.91 bits per heavy atom. The second kappa shape index (κ2) is 6.28. The number of carbonyl (C=O) groups excluding carboxylic acids is 1. The summed E-state index contributed by atoms with van der Waals surface area (Å²) in [5, 5.41) is 3.37. The number of piperazine rings is 1. The number of hydrogen-bond donors (Lipinski definition) is 1. The first-order chi connectivity index (χ1) is 10.7. The van der Waals surface area contributed by atoms with Crippen molar-refractivity contribution in [1.82, 2.24) is 15.2 Å². The normalized spacial score (nSPS) is 18.3. The number of rotatable bonds is 2. The van der Waals surface area contributed by atoms with E-state index in [4.69, 9.17) is 0 Å². The second-order valence-corrected chi connectivity index (χ2v) is 5.75. The Morgan fingerprint density at radius 1 is 1.27 bits per heavy atom. The van der Waals surface area contributed by atoms with Crippen LogP contribution in [0.15, 0.2) is 42.7 Å². The van der Waals surface area contributed by atoms with Crippen LogP contribution in [-0.2, 0) is 0 Å². The molecule has 0 radical (unpaired) electrons. The van der Waals surface area contributed by atoms with Gasteiger partial charge >= 0.3 is 0 Å². The number of aryl methyl sites for hydroxylation is 1. The zero-order chi connectivity index (χ0) is 15.5. The van der Waals surface area contributed by atoms with Crippen LogP contribution in [-0.4, -0.2) is 35.4 Å². The van der Waals surface area contributed by atoms with Gasteiger partial charge in [0.2, 0.25) is 0 Å². The van der Waals surface area contributed by atoms with Gasteiger partial charge in [-0.3, -0.25) is 9.78 Å². The SMILES string of the molecule is Cc1cccc(C(=O)N2CCNCC2c2cccnc2)c1C. The Kier molecular flexibility index (Phi) is 4.20. The molecule has 22 heavy (non-hydrogen) atoms. The van der Waals surface area contributed by atoms with Gasteiger partial charge in [0.1, 0.15) is 0 Å². The molecule has 4 nitrogen and oxygen atoms in total. The van der Waals surface area contributed by atoms with E-state index < -0.39 is 0 Å². The van der Waals surface area contributed by atoms with Gasteiger partial charge in [0.05, 0.1) is 6.04 Å². The summed E-state index contributed by atoms with van der Waals surface area (Å²) in [6, 6.07) is 9.92. The van der Waals surface area contributed by atoms with Gasteiger partial charge < -0.3 is 10.2 Å². The van der Waals surface area contributed by atoms with Crippen LogP contribution < -0.4 is 5.32 Å². The fourth-order valence-electron chi connectivity index (χ4n) is 2.96. The highest BCUT2D eigenvalue weighted by Gasteiger charge is 2.29. The molecule has 2 aromatic rings. The summed E-state index contributed by atoms with van der Waals surface area (Å²) in [7, 11) is 0. The lowest BCUT2D eigenvalue weighted by Crippen LogP contribution is -2.48. The number of nitrogens with zero attached hydrogens (tertiary/aromatic N) is 2. The third kappa shape index (κ3) is 2.74. The van der Waals surface area contributed by atoms with Crippen LogP contribution in [0.2, 0.25) is 0 Å². The average Bonchev–Trinajstić information content (AvgIpc) is 2.57. The van der Waals surface area contributed by atoms with Crippen molar-refractivity contribution >= 4 is 5.91 Å². The topological polar surface area (TPSA) is 45.2 Å². The Hall–Kier alpha value is -2.20. The molecule has 0 bridgehead atoms. The molecule has 1 aliphatic rings. The lowest BCUT2D eigenvalue weighted by atomic mass is 9.99. The van der Waals surface area contributed by atoms with Gasteiger partial charge in [-0.15, -0.1) is 0 Å². The number of amides is 1. The van der Waals surface area contributed by atoms with Gasteiger partial charge in [-0.05, 0) is 42.7 Å². The van der Waals surface area contributed by atoms with E-state index >= 15 is 0 Å². The van der Waals surface area contributed by atoms with Gasteiger partial charge in [0.25, 0.3) is 5.91 Å². The molecular weight excluding hydrogens is 274 g/mol. The number of nitrogens with one attached hydrogen (secondary N) is 1. The van der Waals surface area contributed by atoms with E-state index in [0.717, 1.165) is 35.3 Å². The van der Waals surface area contributed by atoms with Gasteiger partial charge in [-0.1, -0.05) is 18.2 Å². The zero-order valence-electron chi connectivity index (χ0n) is 13.0. The average molecular weight is 295 g/mol. The molecule has 1 aliphatic heterocycles. The Bertz CT molecular complexity index is 669. The van der Waals surface area contributed by atoms with E-state index in [1.165, 1.54) is 0 Å². The lowest BCUT2D eigenvalue weighted by Gasteiger charge is -2.36. The molecule has 1 aromatic carbocycles. The maximum atomic E-state index is 13.0. The van der Waals surface area contributed by atoms with Crippen molar-refractivity contribution in [3.05, 3.63) is 65.0 Å². The van der Waals surface area contributed by atoms with Crippen LogP contribution in [0.3, 0.4) is 0 Å². The Morgan fingerprint density at radius 2 is 2.14 bits per heavy atom. The van der Waals surface area contributed by atoms with E-state index in [1.807, 2.05) is 55.3 Å². The van der Waals surface area contributed by atoms with Crippen molar-refractivity contribution in [3.63, 3.8) is 0 Å². The van der Waals surface area contributed by atoms with E-state index in [0.29, 0.717) is 6.54 Å². The molecule has 2 heterocycles. The molecule has 1 saturated heterocycles. The standard InChI is InChI=1S/C18H21N3O/c1-13-5-3-7-16(14(13)2)18(22)21-10-9-20-12-17(21)15-6-4-8-19-11-15/h3-8,11,17,20H,9-10,12H2,1-2H3. The van der Waals surface area contributed by atoms with Crippen LogP contribution in [0.5, 0.6) is 0 Å². The Balaban J connectivity index is 1.94. The van der Waals surface area contributed by atoms with Crippen LogP contribution in [0.1, 0.15) is 33.1 Å². The number of carbonyl (C=O) groups is 1. The van der Waals surface area contributed by atoms with Crippen molar-refractivity contribution in [2.45, 2.75) is 19.9 Å². The minimum Gasteiger partial charge on any atom is -0.329 e. The van der Waals surface area contributed by atoms with Crippen molar-refractivity contribution < 1.29 is 4.79 Å². The van der Waals surface area contributed by atoms with Gasteiger partial charge in [-0.2, -0.15) is 0 Å². The second-order valence-electron chi connectivity index (χ2n) is 5.75. The third-order valence-corrected chi connectivity index (χ3v) is 4.41. The highest BCUT2D eigenvalue weighted by atomic mass is 16.2. The highest BCUT2D eigenvalue weighted by molar-refractivity contribution is 5.96. The van der Waals surface area contributed by atoms with E-state index in [-0.39, 0.29) is 11.9 Å². The number of aromatic nitrogens is 1. The van der Waals surface area contributed by atoms with Gasteiger partial charge in [-0.25, -0.2) is 0 Å². The summed E-state index contributed by atoms with van der Waals surface area (Å²) >= 11 is 0. The third-order valence-electron chi connectivity index (χ3n) is 4.41. The fraction of sp³-hybridized carbons (Fsp3) is 0.333. The molecule has 1 N–H and O–H groups in total. The minimum absolute atomic E-state index is 0.0369. The lowest BCUT2D eigenvalue weighted by molar-refractivity contribution is 0.0633. The van der Waals surface area contributed by atoms with E-state index in [2.05, 4.69) is 10.3 Å². The molecule has 0 aliphatic carbocycles. The first kappa shape index (κ1) is 14.7. The van der Waals surface area contributed by atoms with Crippen molar-refractivity contribution in [2.24, 2.45) is 0 Å². The fourth-order valence-corrected chi connectivity index (χ4v) is 2.96. The van der Waals surface area contributed by atoms with Crippen molar-refractivity contribution in [2.75, 3.05) is 19.6 Å². The van der Waals surface area contributed by atoms with Crippen molar-refractivity contribution in [1.29, 1.82) is 0 Å². The first-order valence-corrected chi connectivity index (χ1v) is 7.66. The minimum atomic E-state index is 0.0369. The summed E-state index contributed by atoms with van der Waals surface area (Å²) in [6.07, 6.45) is 3.61. The molecule has 1 unspecified atom stereocenters. The maximum Gasteiger partial charge on any atom is 0.254 e. The smallest absolute Gasteiger partial charge is 0.254 e. The molecule has 0 saturated carbocycles. The molecule has 114 valence electrons. The van der Waals surface area contributed by atoms with Gasteiger partial charge in [0, 0.05) is 37.6 Å². The number of pyridine rings is 1. The quantitative estimate of drug-likeness (QED) is 0.926. The first-order valence-electron chi connectivity index (χ1n) is 7.66. The predicted octanol–water partition coefficient (Wildman–Crippen LogP) is 2.49. The molecule has 1 amide bonds. The van der Waals surface area contributed by atoms with Crippen LogP contribution in [0.4, 0.5) is 0 Å². The number of hydrogen-bond acceptors (Lipinski definition) is 3. The Labute approximate surface area is 131 Å². The molecule has 3 rings (SSSR count). The predicted molar refractivity (Wildman–Crippen MR) is 86.8 cm³/mol. The zero-order valence-corrected chi connectivity index (χ0v) is 13.0. The van der Waals surface area contributed by atoms with E-state index in [9.17, 15) is 4.79 Å². The molecule has 1 atom stereocenters. The number of benzene rings is 1. The highest BCUT2D eigenvalue weighted by Crippen LogP contribution is 2.25. The molecule has 4 heteroatoms. The molecule has 0 spiro atoms. The summed E-state index contributed by atoms with van der Waals surface area (Å²) in [5.41, 5.74) is 4.10. The summed E-state index contributed by atoms with van der Waals surface area (Å²) < 4.78 is 0. The van der Waals surface area contributed by atoms with Crippen LogP contribution in [0, 0.1) is 13.8 Å². The molecular formula is C18H21N3O. The van der Waals surface area contributed by atoms with Gasteiger partial charge in [0.15, 0.2) is 0 Å². The van der Waals surface area contributed by atoms with Crippen molar-refractivity contribution in [3.8, 4) is 0 Å². The monoisotopic (exact) mass is 295 g/mol. The maximum absolute atomic E-state index is 13.0. The summed E-state index contributed by atoms with van der Waals surface area (Å²) in [5.74, 6) is 0.108. The summed E-state index contributed by atoms with van der Waals surface area (Å²) in [4.78, 5) is 19.2. The van der Waals surface area contributed by atoms with Crippen LogP contribution in [0.25, 0.3) is 0 Å². The largest absolute Gasteiger partial charge is 0.329 e.